The molecule has 1 aromatic carbocycles. The molecule has 0 unspecified atom stereocenters. The molecule has 1 saturated heterocycles. The average molecular weight is 269 g/mol. The Morgan fingerprint density at radius 1 is 1.10 bits per heavy atom. The Morgan fingerprint density at radius 2 is 1.85 bits per heavy atom. The molecule has 3 nitrogen and oxygen atoms in total. The van der Waals surface area contributed by atoms with Crippen LogP contribution in [0.1, 0.15) is 36.8 Å². The molecule has 1 saturated carbocycles. The van der Waals surface area contributed by atoms with Crippen LogP contribution in [0.5, 0.6) is 0 Å². The maximum Gasteiger partial charge on any atom is 0.0991 e. The lowest BCUT2D eigenvalue weighted by atomic mass is 10.1. The lowest BCUT2D eigenvalue weighted by molar-refractivity contribution is 0.0937. The van der Waals surface area contributed by atoms with Gasteiger partial charge in [0.1, 0.15) is 0 Å². The minimum absolute atomic E-state index is 0.770. The zero-order chi connectivity index (χ0) is 13.8. The fourth-order valence-electron chi connectivity index (χ4n) is 3.55. The Morgan fingerprint density at radius 3 is 2.55 bits per heavy atom. The van der Waals surface area contributed by atoms with Gasteiger partial charge in [0.25, 0.3) is 0 Å². The fraction of sp³-hybridized carbons (Fsp3) is 0.588. The molecule has 1 aliphatic carbocycles. The summed E-state index contributed by atoms with van der Waals surface area (Å²) < 4.78 is 0. The van der Waals surface area contributed by atoms with Crippen molar-refractivity contribution in [3.63, 3.8) is 0 Å². The number of piperazine rings is 1. The summed E-state index contributed by atoms with van der Waals surface area (Å²) in [5.41, 5.74) is 2.03. The van der Waals surface area contributed by atoms with Crippen LogP contribution in [-0.4, -0.2) is 42.0 Å². The third kappa shape index (κ3) is 3.20. The van der Waals surface area contributed by atoms with Gasteiger partial charge >= 0.3 is 0 Å². The zero-order valence-corrected chi connectivity index (χ0v) is 12.1. The minimum atomic E-state index is 0.770. The van der Waals surface area contributed by atoms with Crippen molar-refractivity contribution in [2.45, 2.75) is 38.3 Å². The summed E-state index contributed by atoms with van der Waals surface area (Å²) in [5.74, 6) is 0. The Bertz CT molecular complexity index is 477. The van der Waals surface area contributed by atoms with Gasteiger partial charge in [0.15, 0.2) is 0 Å². The van der Waals surface area contributed by atoms with Gasteiger partial charge in [-0.05, 0) is 30.5 Å². The fourth-order valence-corrected chi connectivity index (χ4v) is 3.55. The topological polar surface area (TPSA) is 30.3 Å². The summed E-state index contributed by atoms with van der Waals surface area (Å²) in [6, 6.07) is 11.1. The Balaban J connectivity index is 1.52. The van der Waals surface area contributed by atoms with E-state index in [-0.39, 0.29) is 0 Å². The van der Waals surface area contributed by atoms with Crippen LogP contribution in [0, 0.1) is 11.3 Å². The van der Waals surface area contributed by atoms with Crippen LogP contribution in [0.3, 0.4) is 0 Å². The van der Waals surface area contributed by atoms with E-state index in [2.05, 4.69) is 21.9 Å². The van der Waals surface area contributed by atoms with Crippen LogP contribution in [0.4, 0.5) is 0 Å². The van der Waals surface area contributed by atoms with Crippen LogP contribution in [0.15, 0.2) is 24.3 Å². The van der Waals surface area contributed by atoms with E-state index in [0.29, 0.717) is 0 Å². The Hall–Kier alpha value is -1.37. The van der Waals surface area contributed by atoms with E-state index in [4.69, 9.17) is 5.26 Å². The van der Waals surface area contributed by atoms with Gasteiger partial charge in [-0.3, -0.25) is 9.80 Å². The molecule has 20 heavy (non-hydrogen) atoms. The van der Waals surface area contributed by atoms with Gasteiger partial charge in [0.05, 0.1) is 11.6 Å². The molecule has 0 radical (unpaired) electrons. The maximum absolute atomic E-state index is 8.95. The van der Waals surface area contributed by atoms with E-state index in [1.165, 1.54) is 44.3 Å². The first-order valence-corrected chi connectivity index (χ1v) is 7.80. The van der Waals surface area contributed by atoms with Gasteiger partial charge < -0.3 is 0 Å². The lowest BCUT2D eigenvalue weighted by Crippen LogP contribution is -2.49. The molecule has 2 fully saturated rings. The SMILES string of the molecule is N#Cc1cccc(CN2CCN(C3CCCC3)CC2)c1. The van der Waals surface area contributed by atoms with Crippen molar-refractivity contribution >= 4 is 0 Å². The minimum Gasteiger partial charge on any atom is -0.298 e. The van der Waals surface area contributed by atoms with Crippen molar-refractivity contribution in [3.05, 3.63) is 35.4 Å². The van der Waals surface area contributed by atoms with Crippen LogP contribution in [-0.2, 0) is 6.54 Å². The van der Waals surface area contributed by atoms with Gasteiger partial charge in [-0.2, -0.15) is 5.26 Å². The van der Waals surface area contributed by atoms with Crippen LogP contribution in [0.2, 0.25) is 0 Å². The summed E-state index contributed by atoms with van der Waals surface area (Å²) in [7, 11) is 0. The highest BCUT2D eigenvalue weighted by atomic mass is 15.3. The smallest absolute Gasteiger partial charge is 0.0991 e. The van der Waals surface area contributed by atoms with Crippen LogP contribution < -0.4 is 0 Å². The molecule has 0 atom stereocenters. The molecule has 0 aromatic heterocycles. The highest BCUT2D eigenvalue weighted by Gasteiger charge is 2.25. The van der Waals surface area contributed by atoms with E-state index >= 15 is 0 Å². The predicted octanol–water partition coefficient (Wildman–Crippen LogP) is 2.62. The Labute approximate surface area is 121 Å². The average Bonchev–Trinajstić information content (AvgIpc) is 3.02. The summed E-state index contributed by atoms with van der Waals surface area (Å²) in [6.45, 7) is 5.72. The number of nitriles is 1. The van der Waals surface area contributed by atoms with Gasteiger partial charge in [0, 0.05) is 38.8 Å². The summed E-state index contributed by atoms with van der Waals surface area (Å²) in [5, 5.41) is 8.95. The molecule has 0 amide bonds. The van der Waals surface area contributed by atoms with E-state index in [9.17, 15) is 0 Å². The molecular weight excluding hydrogens is 246 g/mol. The van der Waals surface area contributed by atoms with Crippen molar-refractivity contribution in [1.82, 2.24) is 9.80 Å². The molecular formula is C17H23N3. The molecule has 0 bridgehead atoms. The summed E-state index contributed by atoms with van der Waals surface area (Å²) >= 11 is 0. The highest BCUT2D eigenvalue weighted by molar-refractivity contribution is 5.32. The molecule has 3 rings (SSSR count). The van der Waals surface area contributed by atoms with Crippen molar-refractivity contribution in [2.24, 2.45) is 0 Å². The molecule has 0 spiro atoms. The number of nitrogens with zero attached hydrogens (tertiary/aromatic N) is 3. The van der Waals surface area contributed by atoms with E-state index < -0.39 is 0 Å². The molecule has 1 aromatic rings. The van der Waals surface area contributed by atoms with Crippen molar-refractivity contribution in [1.29, 1.82) is 5.26 Å². The first-order chi connectivity index (χ1) is 9.85. The van der Waals surface area contributed by atoms with Gasteiger partial charge in [0.2, 0.25) is 0 Å². The second-order valence-electron chi connectivity index (χ2n) is 6.06. The molecule has 3 heteroatoms. The van der Waals surface area contributed by atoms with E-state index in [1.54, 1.807) is 0 Å². The first kappa shape index (κ1) is 13.6. The van der Waals surface area contributed by atoms with Gasteiger partial charge in [-0.15, -0.1) is 0 Å². The van der Waals surface area contributed by atoms with E-state index in [0.717, 1.165) is 31.2 Å². The number of hydrogen-bond donors (Lipinski definition) is 0. The maximum atomic E-state index is 8.95. The Kier molecular flexibility index (Phi) is 4.34. The normalized spacial score (nSPS) is 21.9. The third-order valence-corrected chi connectivity index (χ3v) is 4.71. The molecule has 106 valence electrons. The molecule has 1 heterocycles. The second kappa shape index (κ2) is 6.39. The first-order valence-electron chi connectivity index (χ1n) is 7.80. The largest absolute Gasteiger partial charge is 0.298 e. The van der Waals surface area contributed by atoms with Gasteiger partial charge in [-0.25, -0.2) is 0 Å². The summed E-state index contributed by atoms with van der Waals surface area (Å²) in [4.78, 5) is 5.21. The quantitative estimate of drug-likeness (QED) is 0.845. The zero-order valence-electron chi connectivity index (χ0n) is 12.1. The molecule has 1 aliphatic heterocycles. The number of benzene rings is 1. The van der Waals surface area contributed by atoms with Crippen molar-refractivity contribution < 1.29 is 0 Å². The van der Waals surface area contributed by atoms with Crippen LogP contribution in [0.25, 0.3) is 0 Å². The van der Waals surface area contributed by atoms with Crippen molar-refractivity contribution in [2.75, 3.05) is 26.2 Å². The van der Waals surface area contributed by atoms with Gasteiger partial charge in [-0.1, -0.05) is 25.0 Å². The third-order valence-electron chi connectivity index (χ3n) is 4.71. The summed E-state index contributed by atoms with van der Waals surface area (Å²) in [6.07, 6.45) is 5.66. The highest BCUT2D eigenvalue weighted by Crippen LogP contribution is 2.24. The van der Waals surface area contributed by atoms with Crippen LogP contribution >= 0.6 is 0 Å². The monoisotopic (exact) mass is 269 g/mol. The molecule has 2 aliphatic rings. The molecule has 0 N–H and O–H groups in total. The second-order valence-corrected chi connectivity index (χ2v) is 6.06. The lowest BCUT2D eigenvalue weighted by Gasteiger charge is -2.38. The number of rotatable bonds is 3. The van der Waals surface area contributed by atoms with E-state index in [1.807, 2.05) is 18.2 Å². The van der Waals surface area contributed by atoms with Crippen molar-refractivity contribution in [3.8, 4) is 6.07 Å². The number of hydrogen-bond acceptors (Lipinski definition) is 3. The standard InChI is InChI=1S/C17H23N3/c18-13-15-4-3-5-16(12-15)14-19-8-10-20(11-9-19)17-6-1-2-7-17/h3-5,12,17H,1-2,6-11,14H2. The predicted molar refractivity (Wildman–Crippen MR) is 80.3 cm³/mol.